The maximum atomic E-state index is 5.87. The fraction of sp³-hybridized carbons (Fsp3) is 0.583. The largest absolute Gasteiger partial charge is 0.328 e. The van der Waals surface area contributed by atoms with E-state index in [0.29, 0.717) is 12.1 Å². The van der Waals surface area contributed by atoms with E-state index in [1.165, 1.54) is 18.4 Å². The number of hydrogen-bond donors (Lipinski definition) is 2. The van der Waals surface area contributed by atoms with Crippen molar-refractivity contribution in [2.24, 2.45) is 5.73 Å². The molecule has 1 heterocycles. The summed E-state index contributed by atoms with van der Waals surface area (Å²) in [7, 11) is 0. The van der Waals surface area contributed by atoms with Gasteiger partial charge in [0.1, 0.15) is 0 Å². The van der Waals surface area contributed by atoms with E-state index in [9.17, 15) is 0 Å². The van der Waals surface area contributed by atoms with Gasteiger partial charge in [-0.25, -0.2) is 4.68 Å². The molecule has 0 aliphatic heterocycles. The topological polar surface area (TPSA) is 55.9 Å². The summed E-state index contributed by atoms with van der Waals surface area (Å²) in [4.78, 5) is 0. The molecule has 0 aromatic carbocycles. The second-order valence-corrected chi connectivity index (χ2v) is 4.50. The van der Waals surface area contributed by atoms with E-state index in [2.05, 4.69) is 17.0 Å². The standard InChI is InChI=1S/C12H20N4/c1-2-16-9-10(8-15-16)7-14-12-5-3-11(13)4-6-12/h2,8-9,11-12,14H,1,3-7,13H2. The highest BCUT2D eigenvalue weighted by atomic mass is 15.2. The molecule has 4 nitrogen and oxygen atoms in total. The average molecular weight is 220 g/mol. The molecule has 4 heteroatoms. The first-order valence-corrected chi connectivity index (χ1v) is 5.92. The fourth-order valence-corrected chi connectivity index (χ4v) is 2.15. The van der Waals surface area contributed by atoms with E-state index in [-0.39, 0.29) is 0 Å². The third-order valence-corrected chi connectivity index (χ3v) is 3.21. The lowest BCUT2D eigenvalue weighted by Crippen LogP contribution is -2.36. The van der Waals surface area contributed by atoms with Crippen LogP contribution in [0.3, 0.4) is 0 Å². The maximum absolute atomic E-state index is 5.87. The monoisotopic (exact) mass is 220 g/mol. The molecule has 3 N–H and O–H groups in total. The predicted molar refractivity (Wildman–Crippen MR) is 65.7 cm³/mol. The molecule has 0 spiro atoms. The first-order valence-electron chi connectivity index (χ1n) is 5.92. The molecule has 0 unspecified atom stereocenters. The van der Waals surface area contributed by atoms with Crippen molar-refractivity contribution in [3.8, 4) is 0 Å². The van der Waals surface area contributed by atoms with Crippen molar-refractivity contribution in [2.45, 2.75) is 44.3 Å². The molecule has 2 rings (SSSR count). The second-order valence-electron chi connectivity index (χ2n) is 4.50. The molecule has 1 aromatic rings. The Kier molecular flexibility index (Phi) is 3.74. The quantitative estimate of drug-likeness (QED) is 0.805. The van der Waals surface area contributed by atoms with Crippen molar-refractivity contribution >= 4 is 6.20 Å². The molecular weight excluding hydrogens is 200 g/mol. The zero-order valence-electron chi connectivity index (χ0n) is 9.60. The van der Waals surface area contributed by atoms with Crippen LogP contribution in [0.15, 0.2) is 19.0 Å². The molecule has 0 atom stereocenters. The summed E-state index contributed by atoms with van der Waals surface area (Å²) in [5.41, 5.74) is 7.08. The first-order chi connectivity index (χ1) is 7.78. The highest BCUT2D eigenvalue weighted by molar-refractivity contribution is 5.17. The lowest BCUT2D eigenvalue weighted by molar-refractivity contribution is 0.342. The molecule has 0 bridgehead atoms. The summed E-state index contributed by atoms with van der Waals surface area (Å²) in [5.74, 6) is 0. The number of nitrogens with two attached hydrogens (primary N) is 1. The fourth-order valence-electron chi connectivity index (χ4n) is 2.15. The highest BCUT2D eigenvalue weighted by Crippen LogP contribution is 2.17. The first kappa shape index (κ1) is 11.4. The van der Waals surface area contributed by atoms with Crippen LogP contribution in [0.1, 0.15) is 31.2 Å². The molecule has 1 aromatic heterocycles. The highest BCUT2D eigenvalue weighted by Gasteiger charge is 2.17. The number of hydrogen-bond acceptors (Lipinski definition) is 3. The molecule has 1 saturated carbocycles. The van der Waals surface area contributed by atoms with Gasteiger partial charge in [0.15, 0.2) is 0 Å². The maximum Gasteiger partial charge on any atom is 0.0538 e. The zero-order valence-corrected chi connectivity index (χ0v) is 9.60. The summed E-state index contributed by atoms with van der Waals surface area (Å²) in [6.45, 7) is 4.55. The van der Waals surface area contributed by atoms with Gasteiger partial charge >= 0.3 is 0 Å². The van der Waals surface area contributed by atoms with Gasteiger partial charge in [-0.2, -0.15) is 5.10 Å². The minimum absolute atomic E-state index is 0.418. The summed E-state index contributed by atoms with van der Waals surface area (Å²) in [6.07, 6.45) is 10.2. The van der Waals surface area contributed by atoms with Crippen molar-refractivity contribution in [3.63, 3.8) is 0 Å². The number of nitrogens with one attached hydrogen (secondary N) is 1. The molecular formula is C12H20N4. The Hall–Kier alpha value is -1.13. The average Bonchev–Trinajstić information content (AvgIpc) is 2.76. The van der Waals surface area contributed by atoms with Gasteiger partial charge < -0.3 is 11.1 Å². The summed E-state index contributed by atoms with van der Waals surface area (Å²) < 4.78 is 1.73. The molecule has 1 fully saturated rings. The van der Waals surface area contributed by atoms with Gasteiger partial charge in [0, 0.05) is 36.6 Å². The van der Waals surface area contributed by atoms with Crippen LogP contribution >= 0.6 is 0 Å². The summed E-state index contributed by atoms with van der Waals surface area (Å²) >= 11 is 0. The van der Waals surface area contributed by atoms with E-state index in [1.807, 2.05) is 12.4 Å². The number of aromatic nitrogens is 2. The minimum atomic E-state index is 0.418. The normalized spacial score (nSPS) is 25.6. The Labute approximate surface area is 96.5 Å². The van der Waals surface area contributed by atoms with Crippen LogP contribution in [-0.2, 0) is 6.54 Å². The number of nitrogens with zero attached hydrogens (tertiary/aromatic N) is 2. The van der Waals surface area contributed by atoms with Crippen LogP contribution < -0.4 is 11.1 Å². The molecule has 0 saturated heterocycles. The van der Waals surface area contributed by atoms with E-state index in [0.717, 1.165) is 19.4 Å². The Morgan fingerprint density at radius 1 is 1.50 bits per heavy atom. The summed E-state index contributed by atoms with van der Waals surface area (Å²) in [5, 5.41) is 7.70. The van der Waals surface area contributed by atoms with Gasteiger partial charge in [-0.3, -0.25) is 0 Å². The lowest BCUT2D eigenvalue weighted by atomic mass is 9.92. The smallest absolute Gasteiger partial charge is 0.0538 e. The Morgan fingerprint density at radius 2 is 2.25 bits per heavy atom. The van der Waals surface area contributed by atoms with Gasteiger partial charge in [0.05, 0.1) is 6.20 Å². The number of rotatable bonds is 4. The molecule has 0 radical (unpaired) electrons. The Balaban J connectivity index is 1.76. The molecule has 0 amide bonds. The van der Waals surface area contributed by atoms with Crippen molar-refractivity contribution in [1.29, 1.82) is 0 Å². The lowest BCUT2D eigenvalue weighted by Gasteiger charge is -2.26. The van der Waals surface area contributed by atoms with Crippen molar-refractivity contribution in [3.05, 3.63) is 24.5 Å². The Morgan fingerprint density at radius 3 is 2.88 bits per heavy atom. The van der Waals surface area contributed by atoms with E-state index in [4.69, 9.17) is 5.73 Å². The third kappa shape index (κ3) is 2.93. The van der Waals surface area contributed by atoms with Gasteiger partial charge in [0.25, 0.3) is 0 Å². The van der Waals surface area contributed by atoms with Crippen LogP contribution in [-0.4, -0.2) is 21.9 Å². The van der Waals surface area contributed by atoms with Crippen LogP contribution in [0.4, 0.5) is 0 Å². The van der Waals surface area contributed by atoms with Crippen LogP contribution in [0, 0.1) is 0 Å². The van der Waals surface area contributed by atoms with Crippen LogP contribution in [0.25, 0.3) is 6.20 Å². The molecule has 16 heavy (non-hydrogen) atoms. The molecule has 1 aliphatic rings. The minimum Gasteiger partial charge on any atom is -0.328 e. The van der Waals surface area contributed by atoms with E-state index < -0.39 is 0 Å². The van der Waals surface area contributed by atoms with E-state index in [1.54, 1.807) is 10.9 Å². The summed E-state index contributed by atoms with van der Waals surface area (Å²) in [6, 6.07) is 1.04. The SMILES string of the molecule is C=Cn1cc(CNC2CCC(N)CC2)cn1. The molecule has 88 valence electrons. The van der Waals surface area contributed by atoms with Crippen molar-refractivity contribution in [2.75, 3.05) is 0 Å². The van der Waals surface area contributed by atoms with Gasteiger partial charge in [-0.15, -0.1) is 0 Å². The third-order valence-electron chi connectivity index (χ3n) is 3.21. The van der Waals surface area contributed by atoms with Gasteiger partial charge in [-0.1, -0.05) is 6.58 Å². The van der Waals surface area contributed by atoms with Crippen molar-refractivity contribution in [1.82, 2.24) is 15.1 Å². The van der Waals surface area contributed by atoms with Crippen LogP contribution in [0.2, 0.25) is 0 Å². The molecule has 1 aliphatic carbocycles. The Bertz CT molecular complexity index is 337. The van der Waals surface area contributed by atoms with E-state index >= 15 is 0 Å². The van der Waals surface area contributed by atoms with Gasteiger partial charge in [0.2, 0.25) is 0 Å². The van der Waals surface area contributed by atoms with Gasteiger partial charge in [-0.05, 0) is 25.7 Å². The second kappa shape index (κ2) is 5.27. The van der Waals surface area contributed by atoms with Crippen molar-refractivity contribution < 1.29 is 0 Å². The zero-order chi connectivity index (χ0) is 11.4. The van der Waals surface area contributed by atoms with Crippen LogP contribution in [0.5, 0.6) is 0 Å². The predicted octanol–water partition coefficient (Wildman–Crippen LogP) is 1.34.